The van der Waals surface area contributed by atoms with Crippen molar-refractivity contribution in [1.29, 1.82) is 0 Å². The Hall–Kier alpha value is -0.350. The summed E-state index contributed by atoms with van der Waals surface area (Å²) in [6.07, 6.45) is 6.42. The van der Waals surface area contributed by atoms with Gasteiger partial charge in [-0.1, -0.05) is 19.8 Å². The maximum absolute atomic E-state index is 4.59. The smallest absolute Gasteiger partial charge is 0.0767 e. The minimum atomic E-state index is 0.694. The van der Waals surface area contributed by atoms with Crippen LogP contribution in [0.3, 0.4) is 0 Å². The number of aryl methyl sites for hydroxylation is 2. The molecule has 0 spiro atoms. The highest BCUT2D eigenvalue weighted by molar-refractivity contribution is 9.10. The molecule has 2 heterocycles. The molecule has 0 saturated carbocycles. The van der Waals surface area contributed by atoms with Gasteiger partial charge in [0.05, 0.1) is 15.9 Å². The van der Waals surface area contributed by atoms with Crippen molar-refractivity contribution >= 4 is 15.9 Å². The van der Waals surface area contributed by atoms with Gasteiger partial charge in [0.25, 0.3) is 0 Å². The fourth-order valence-electron chi connectivity index (χ4n) is 2.75. The van der Waals surface area contributed by atoms with Crippen molar-refractivity contribution in [2.75, 3.05) is 6.54 Å². The van der Waals surface area contributed by atoms with Crippen LogP contribution in [0.2, 0.25) is 0 Å². The van der Waals surface area contributed by atoms with Gasteiger partial charge in [-0.3, -0.25) is 9.58 Å². The molecule has 1 fully saturated rings. The van der Waals surface area contributed by atoms with Gasteiger partial charge in [-0.25, -0.2) is 0 Å². The third-order valence-corrected chi connectivity index (χ3v) is 4.96. The van der Waals surface area contributed by atoms with Crippen LogP contribution >= 0.6 is 15.9 Å². The SMILES string of the molecule is CCc1nn(C)c(CN2CCCCCC2C)c1Br. The average molecular weight is 314 g/mol. The first kappa shape index (κ1) is 14.1. The topological polar surface area (TPSA) is 21.1 Å². The predicted octanol–water partition coefficient (Wildman–Crippen LogP) is 3.51. The lowest BCUT2D eigenvalue weighted by atomic mass is 10.1. The maximum Gasteiger partial charge on any atom is 0.0767 e. The second-order valence-electron chi connectivity index (χ2n) is 5.35. The third kappa shape index (κ3) is 2.97. The fraction of sp³-hybridized carbons (Fsp3) is 0.786. The summed E-state index contributed by atoms with van der Waals surface area (Å²) >= 11 is 3.72. The van der Waals surface area contributed by atoms with E-state index in [1.54, 1.807) is 0 Å². The largest absolute Gasteiger partial charge is 0.295 e. The van der Waals surface area contributed by atoms with Crippen LogP contribution in [-0.2, 0) is 20.0 Å². The highest BCUT2D eigenvalue weighted by Crippen LogP contribution is 2.25. The lowest BCUT2D eigenvalue weighted by Gasteiger charge is -2.26. The van der Waals surface area contributed by atoms with Crippen LogP contribution in [0.25, 0.3) is 0 Å². The first-order chi connectivity index (χ1) is 8.63. The van der Waals surface area contributed by atoms with Gasteiger partial charge < -0.3 is 0 Å². The molecule has 1 aromatic heterocycles. The molecule has 1 atom stereocenters. The van der Waals surface area contributed by atoms with Crippen molar-refractivity contribution < 1.29 is 0 Å². The minimum Gasteiger partial charge on any atom is -0.295 e. The van der Waals surface area contributed by atoms with Gasteiger partial charge in [-0.15, -0.1) is 0 Å². The zero-order chi connectivity index (χ0) is 13.1. The standard InChI is InChI=1S/C14H24BrN3/c1-4-12-14(15)13(17(3)16-12)10-18-9-7-5-6-8-11(18)2/h11H,4-10H2,1-3H3. The van der Waals surface area contributed by atoms with Gasteiger partial charge in [0, 0.05) is 19.6 Å². The van der Waals surface area contributed by atoms with E-state index in [0.717, 1.165) is 13.0 Å². The van der Waals surface area contributed by atoms with Crippen LogP contribution in [0.4, 0.5) is 0 Å². The highest BCUT2D eigenvalue weighted by atomic mass is 79.9. The Kier molecular flexibility index (Phi) is 4.84. The molecule has 1 unspecified atom stereocenters. The number of aromatic nitrogens is 2. The molecular formula is C14H24BrN3. The van der Waals surface area contributed by atoms with Crippen LogP contribution in [0.5, 0.6) is 0 Å². The number of nitrogens with zero attached hydrogens (tertiary/aromatic N) is 3. The molecule has 1 saturated heterocycles. The van der Waals surface area contributed by atoms with Crippen molar-refractivity contribution in [2.24, 2.45) is 7.05 Å². The summed E-state index contributed by atoms with van der Waals surface area (Å²) in [6, 6.07) is 0.694. The van der Waals surface area contributed by atoms with Crippen LogP contribution in [-0.4, -0.2) is 27.3 Å². The van der Waals surface area contributed by atoms with Gasteiger partial charge in [0.2, 0.25) is 0 Å². The molecular weight excluding hydrogens is 290 g/mol. The van der Waals surface area contributed by atoms with E-state index < -0.39 is 0 Å². The summed E-state index contributed by atoms with van der Waals surface area (Å²) in [5.41, 5.74) is 2.50. The van der Waals surface area contributed by atoms with E-state index in [0.29, 0.717) is 6.04 Å². The van der Waals surface area contributed by atoms with E-state index >= 15 is 0 Å². The molecule has 4 heteroatoms. The van der Waals surface area contributed by atoms with E-state index in [4.69, 9.17) is 0 Å². The van der Waals surface area contributed by atoms with Crippen molar-refractivity contribution in [3.05, 3.63) is 15.9 Å². The minimum absolute atomic E-state index is 0.694. The summed E-state index contributed by atoms with van der Waals surface area (Å²) in [5.74, 6) is 0. The number of hydrogen-bond acceptors (Lipinski definition) is 2. The van der Waals surface area contributed by atoms with Crippen LogP contribution in [0.1, 0.15) is 50.9 Å². The number of halogens is 1. The molecule has 18 heavy (non-hydrogen) atoms. The lowest BCUT2D eigenvalue weighted by Crippen LogP contribution is -2.32. The molecule has 1 aromatic rings. The monoisotopic (exact) mass is 313 g/mol. The summed E-state index contributed by atoms with van der Waals surface area (Å²) < 4.78 is 3.25. The van der Waals surface area contributed by atoms with Crippen LogP contribution in [0, 0.1) is 0 Å². The zero-order valence-electron chi connectivity index (χ0n) is 11.7. The van der Waals surface area contributed by atoms with Crippen molar-refractivity contribution in [1.82, 2.24) is 14.7 Å². The van der Waals surface area contributed by atoms with Gasteiger partial charge in [-0.2, -0.15) is 5.10 Å². The first-order valence-corrected chi connectivity index (χ1v) is 7.87. The highest BCUT2D eigenvalue weighted by Gasteiger charge is 2.21. The second-order valence-corrected chi connectivity index (χ2v) is 6.15. The summed E-state index contributed by atoms with van der Waals surface area (Å²) in [4.78, 5) is 2.61. The molecule has 0 N–H and O–H groups in total. The first-order valence-electron chi connectivity index (χ1n) is 7.07. The molecule has 1 aliphatic heterocycles. The lowest BCUT2D eigenvalue weighted by molar-refractivity contribution is 0.199. The van der Waals surface area contributed by atoms with E-state index in [-0.39, 0.29) is 0 Å². The normalized spacial score (nSPS) is 22.1. The van der Waals surface area contributed by atoms with E-state index in [1.165, 1.54) is 48.1 Å². The van der Waals surface area contributed by atoms with E-state index in [2.05, 4.69) is 46.8 Å². The third-order valence-electron chi connectivity index (χ3n) is 4.05. The summed E-state index contributed by atoms with van der Waals surface area (Å²) in [5, 5.41) is 4.59. The van der Waals surface area contributed by atoms with Crippen LogP contribution in [0.15, 0.2) is 4.47 Å². The quantitative estimate of drug-likeness (QED) is 0.851. The Morgan fingerprint density at radius 3 is 2.78 bits per heavy atom. The number of rotatable bonds is 3. The molecule has 0 aliphatic carbocycles. The summed E-state index contributed by atoms with van der Waals surface area (Å²) in [6.45, 7) is 6.76. The van der Waals surface area contributed by atoms with Crippen molar-refractivity contribution in [3.63, 3.8) is 0 Å². The molecule has 0 aromatic carbocycles. The molecule has 2 rings (SSSR count). The van der Waals surface area contributed by atoms with Crippen molar-refractivity contribution in [3.8, 4) is 0 Å². The van der Waals surface area contributed by atoms with E-state index in [9.17, 15) is 0 Å². The average Bonchev–Trinajstić information content (AvgIpc) is 2.52. The van der Waals surface area contributed by atoms with Crippen LogP contribution < -0.4 is 0 Å². The Balaban J connectivity index is 2.14. The van der Waals surface area contributed by atoms with Crippen molar-refractivity contribution in [2.45, 2.75) is 58.5 Å². The molecule has 3 nitrogen and oxygen atoms in total. The van der Waals surface area contributed by atoms with Gasteiger partial charge in [0.15, 0.2) is 0 Å². The van der Waals surface area contributed by atoms with Gasteiger partial charge in [-0.05, 0) is 48.7 Å². The van der Waals surface area contributed by atoms with E-state index in [1.807, 2.05) is 4.68 Å². The molecule has 1 aliphatic rings. The Bertz CT molecular complexity index is 400. The fourth-order valence-corrected chi connectivity index (χ4v) is 3.49. The predicted molar refractivity (Wildman–Crippen MR) is 78.6 cm³/mol. The number of likely N-dealkylation sites (tertiary alicyclic amines) is 1. The van der Waals surface area contributed by atoms with Gasteiger partial charge >= 0.3 is 0 Å². The number of hydrogen-bond donors (Lipinski definition) is 0. The molecule has 0 amide bonds. The second kappa shape index (κ2) is 6.20. The molecule has 102 valence electrons. The molecule has 0 radical (unpaired) electrons. The zero-order valence-corrected chi connectivity index (χ0v) is 13.3. The maximum atomic E-state index is 4.59. The Labute approximate surface area is 119 Å². The molecule has 0 bridgehead atoms. The summed E-state index contributed by atoms with van der Waals surface area (Å²) in [7, 11) is 2.06. The Morgan fingerprint density at radius 1 is 1.33 bits per heavy atom. The van der Waals surface area contributed by atoms with Gasteiger partial charge in [0.1, 0.15) is 0 Å². The Morgan fingerprint density at radius 2 is 2.11 bits per heavy atom.